The van der Waals surface area contributed by atoms with Crippen molar-refractivity contribution in [2.45, 2.75) is 104 Å². The summed E-state index contributed by atoms with van der Waals surface area (Å²) in [7, 11) is -2.59. The quantitative estimate of drug-likeness (QED) is 0.257. The molecule has 2 aromatic rings. The molecule has 0 aliphatic carbocycles. The van der Waals surface area contributed by atoms with Gasteiger partial charge in [0.05, 0.1) is 12.2 Å². The molecule has 0 saturated heterocycles. The summed E-state index contributed by atoms with van der Waals surface area (Å²) < 4.78 is 14.5. The summed E-state index contributed by atoms with van der Waals surface area (Å²) in [6, 6.07) is 21.6. The predicted octanol–water partition coefficient (Wildman–Crippen LogP) is 9.64. The molecule has 33 heavy (non-hydrogen) atoms. The minimum Gasteiger partial charge on any atom is -0.387 e. The van der Waals surface area contributed by atoms with Gasteiger partial charge in [-0.1, -0.05) is 116 Å². The Bertz CT molecular complexity index is 703. The van der Waals surface area contributed by atoms with Crippen LogP contribution in [0.25, 0.3) is 0 Å². The zero-order valence-corrected chi connectivity index (χ0v) is 23.4. The Morgan fingerprint density at radius 1 is 0.515 bits per heavy atom. The van der Waals surface area contributed by atoms with E-state index in [-0.39, 0.29) is 12.2 Å². The van der Waals surface area contributed by atoms with Crippen LogP contribution in [0.1, 0.15) is 104 Å². The lowest BCUT2D eigenvalue weighted by atomic mass is 10.0. The Hall–Kier alpha value is -1.42. The number of hydrogen-bond donors (Lipinski definition) is 0. The first-order chi connectivity index (χ1) is 15.7. The van der Waals surface area contributed by atoms with Gasteiger partial charge in [-0.2, -0.15) is 0 Å². The van der Waals surface area contributed by atoms with Crippen molar-refractivity contribution >= 4 is 8.56 Å². The van der Waals surface area contributed by atoms with Gasteiger partial charge in [-0.25, -0.2) is 0 Å². The van der Waals surface area contributed by atoms with E-state index >= 15 is 0 Å². The van der Waals surface area contributed by atoms with Crippen LogP contribution >= 0.6 is 0 Å². The second kappa shape index (κ2) is 13.5. The molecule has 0 amide bonds. The molecule has 0 heterocycles. The van der Waals surface area contributed by atoms with Gasteiger partial charge in [0.2, 0.25) is 0 Å². The smallest absolute Gasteiger partial charge is 0.344 e. The Morgan fingerprint density at radius 3 is 1.12 bits per heavy atom. The molecule has 2 unspecified atom stereocenters. The van der Waals surface area contributed by atoms with Crippen molar-refractivity contribution in [1.82, 2.24) is 0 Å². The summed E-state index contributed by atoms with van der Waals surface area (Å²) in [6.07, 6.45) is 4.51. The second-order valence-electron chi connectivity index (χ2n) is 11.0. The second-order valence-corrected chi connectivity index (χ2v) is 15.2. The highest BCUT2D eigenvalue weighted by Crippen LogP contribution is 2.44. The van der Waals surface area contributed by atoms with E-state index in [0.29, 0.717) is 22.9 Å². The average Bonchev–Trinajstić information content (AvgIpc) is 2.78. The summed E-state index contributed by atoms with van der Waals surface area (Å²) in [5.74, 6) is 1.30. The minimum atomic E-state index is -2.59. The van der Waals surface area contributed by atoms with E-state index in [4.69, 9.17) is 8.85 Å². The lowest BCUT2D eigenvalue weighted by molar-refractivity contribution is 0.0537. The number of hydrogen-bond acceptors (Lipinski definition) is 2. The maximum absolute atomic E-state index is 7.27. The van der Waals surface area contributed by atoms with Crippen LogP contribution in [-0.2, 0) is 8.85 Å². The van der Waals surface area contributed by atoms with E-state index in [1.54, 1.807) is 0 Å². The molecule has 0 saturated carbocycles. The van der Waals surface area contributed by atoms with Gasteiger partial charge in [-0.15, -0.1) is 0 Å². The Labute approximate surface area is 205 Å². The maximum atomic E-state index is 7.27. The largest absolute Gasteiger partial charge is 0.387 e. The van der Waals surface area contributed by atoms with Crippen molar-refractivity contribution in [3.05, 3.63) is 71.8 Å². The molecule has 0 radical (unpaired) electrons. The van der Waals surface area contributed by atoms with E-state index in [1.807, 2.05) is 0 Å². The summed E-state index contributed by atoms with van der Waals surface area (Å²) in [6.45, 7) is 18.4. The molecule has 0 aromatic heterocycles. The Balaban J connectivity index is 2.43. The zero-order valence-electron chi connectivity index (χ0n) is 22.4. The van der Waals surface area contributed by atoms with Gasteiger partial charge in [0.1, 0.15) is 0 Å². The van der Waals surface area contributed by atoms with Crippen LogP contribution in [0.4, 0.5) is 0 Å². The lowest BCUT2D eigenvalue weighted by Crippen LogP contribution is -2.50. The molecule has 0 spiro atoms. The molecule has 2 nitrogen and oxygen atoms in total. The molecule has 0 N–H and O–H groups in total. The van der Waals surface area contributed by atoms with E-state index < -0.39 is 8.56 Å². The fourth-order valence-corrected chi connectivity index (χ4v) is 8.45. The van der Waals surface area contributed by atoms with Gasteiger partial charge in [-0.05, 0) is 59.7 Å². The predicted molar refractivity (Wildman–Crippen MR) is 145 cm³/mol. The van der Waals surface area contributed by atoms with Gasteiger partial charge in [0, 0.05) is 0 Å². The van der Waals surface area contributed by atoms with Crippen molar-refractivity contribution in [1.29, 1.82) is 0 Å². The molecule has 2 aromatic carbocycles. The maximum Gasteiger partial charge on any atom is 0.344 e. The van der Waals surface area contributed by atoms with Gasteiger partial charge in [0.25, 0.3) is 0 Å². The molecular weight excluding hydrogens is 420 g/mol. The molecule has 0 aliphatic heterocycles. The first-order valence-corrected chi connectivity index (χ1v) is 15.1. The molecule has 3 heteroatoms. The van der Waals surface area contributed by atoms with Crippen LogP contribution in [0.2, 0.25) is 11.1 Å². The molecule has 0 aliphatic rings. The summed E-state index contributed by atoms with van der Waals surface area (Å²) in [4.78, 5) is 0. The van der Waals surface area contributed by atoms with E-state index in [0.717, 1.165) is 25.7 Å². The first kappa shape index (κ1) is 27.8. The third kappa shape index (κ3) is 8.38. The summed E-state index contributed by atoms with van der Waals surface area (Å²) in [5.41, 5.74) is 3.26. The molecule has 184 valence electrons. The number of rotatable bonds is 14. The van der Waals surface area contributed by atoms with Crippen LogP contribution in [0.5, 0.6) is 0 Å². The van der Waals surface area contributed by atoms with Gasteiger partial charge < -0.3 is 8.85 Å². The topological polar surface area (TPSA) is 18.5 Å². The molecule has 2 rings (SSSR count). The van der Waals surface area contributed by atoms with E-state index in [1.165, 1.54) is 11.1 Å². The lowest BCUT2D eigenvalue weighted by Gasteiger charge is -2.43. The number of benzene rings is 2. The fourth-order valence-electron chi connectivity index (χ4n) is 4.58. The highest BCUT2D eigenvalue weighted by atomic mass is 28.4. The van der Waals surface area contributed by atoms with Crippen LogP contribution in [0, 0.1) is 11.8 Å². The van der Waals surface area contributed by atoms with Gasteiger partial charge in [-0.3, -0.25) is 0 Å². The Kier molecular flexibility index (Phi) is 11.3. The highest BCUT2D eigenvalue weighted by Gasteiger charge is 2.48. The van der Waals surface area contributed by atoms with E-state index in [2.05, 4.69) is 116 Å². The third-order valence-electron chi connectivity index (χ3n) is 6.62. The van der Waals surface area contributed by atoms with Crippen molar-refractivity contribution in [3.8, 4) is 0 Å². The summed E-state index contributed by atoms with van der Waals surface area (Å²) in [5, 5.41) is 0. The molecule has 0 fully saturated rings. The standard InChI is InChI=1S/C30H48O2Si/c1-23(2)19-21-29(27-15-11-9-12-16-27)31-33(25(5)6,26(7)8)32-30(22-20-24(3)4)28-17-13-10-14-18-28/h9-18,23-26,29-30H,19-22H2,1-8H3. The average molecular weight is 469 g/mol. The van der Waals surface area contributed by atoms with Crippen LogP contribution in [0.3, 0.4) is 0 Å². The minimum absolute atomic E-state index is 0.0755. The zero-order chi connectivity index (χ0) is 24.4. The van der Waals surface area contributed by atoms with Crippen LogP contribution in [-0.4, -0.2) is 8.56 Å². The summed E-state index contributed by atoms with van der Waals surface area (Å²) >= 11 is 0. The monoisotopic (exact) mass is 468 g/mol. The Morgan fingerprint density at radius 2 is 0.848 bits per heavy atom. The molecule has 2 atom stereocenters. The third-order valence-corrected chi connectivity index (χ3v) is 11.1. The van der Waals surface area contributed by atoms with E-state index in [9.17, 15) is 0 Å². The SMILES string of the molecule is CC(C)CCC(O[Si](OC(CCC(C)C)c1ccccc1)(C(C)C)C(C)C)c1ccccc1. The highest BCUT2D eigenvalue weighted by molar-refractivity contribution is 6.70. The van der Waals surface area contributed by atoms with Crippen molar-refractivity contribution in [2.75, 3.05) is 0 Å². The first-order valence-electron chi connectivity index (χ1n) is 13.1. The van der Waals surface area contributed by atoms with Crippen molar-refractivity contribution in [3.63, 3.8) is 0 Å². The normalized spacial score (nSPS) is 14.4. The van der Waals surface area contributed by atoms with Crippen LogP contribution < -0.4 is 0 Å². The molecular formula is C30H48O2Si. The van der Waals surface area contributed by atoms with Gasteiger partial charge in [0.15, 0.2) is 0 Å². The van der Waals surface area contributed by atoms with Crippen molar-refractivity contribution < 1.29 is 8.85 Å². The fraction of sp³-hybridized carbons (Fsp3) is 0.600. The van der Waals surface area contributed by atoms with Crippen LogP contribution in [0.15, 0.2) is 60.7 Å². The molecule has 0 bridgehead atoms. The van der Waals surface area contributed by atoms with Gasteiger partial charge >= 0.3 is 8.56 Å². The van der Waals surface area contributed by atoms with Crippen molar-refractivity contribution in [2.24, 2.45) is 11.8 Å².